The van der Waals surface area contributed by atoms with Crippen LogP contribution in [0, 0.1) is 17.1 Å². The van der Waals surface area contributed by atoms with Gasteiger partial charge in [0.15, 0.2) is 5.82 Å². The van der Waals surface area contributed by atoms with Gasteiger partial charge < -0.3 is 4.74 Å². The van der Waals surface area contributed by atoms with E-state index in [-0.39, 0.29) is 17.2 Å². The summed E-state index contributed by atoms with van der Waals surface area (Å²) in [5.41, 5.74) is 1.23. The molecule has 0 aliphatic rings. The molecule has 2 aromatic carbocycles. The molecule has 0 radical (unpaired) electrons. The SMILES string of the molecule is N#Cc1c(F)cccc1Oc1nc(-c2cccnc2)nc2ccccc12. The average molecular weight is 342 g/mol. The molecule has 4 aromatic rings. The Kier molecular flexibility index (Phi) is 3.96. The smallest absolute Gasteiger partial charge is 0.230 e. The maximum Gasteiger partial charge on any atom is 0.230 e. The molecule has 0 saturated carbocycles. The van der Waals surface area contributed by atoms with Crippen LogP contribution in [0.15, 0.2) is 67.0 Å². The van der Waals surface area contributed by atoms with Crippen molar-refractivity contribution in [3.63, 3.8) is 0 Å². The van der Waals surface area contributed by atoms with Crippen molar-refractivity contribution in [2.75, 3.05) is 0 Å². The van der Waals surface area contributed by atoms with Crippen LogP contribution in [-0.2, 0) is 0 Å². The predicted molar refractivity (Wildman–Crippen MR) is 94.0 cm³/mol. The predicted octanol–water partition coefficient (Wildman–Crippen LogP) is 4.49. The van der Waals surface area contributed by atoms with Crippen LogP contribution >= 0.6 is 0 Å². The van der Waals surface area contributed by atoms with Crippen molar-refractivity contribution in [2.24, 2.45) is 0 Å². The maximum atomic E-state index is 13.9. The Morgan fingerprint density at radius 1 is 0.962 bits per heavy atom. The van der Waals surface area contributed by atoms with Crippen molar-refractivity contribution in [3.8, 4) is 29.1 Å². The van der Waals surface area contributed by atoms with Crippen LogP contribution in [0.25, 0.3) is 22.3 Å². The number of rotatable bonds is 3. The van der Waals surface area contributed by atoms with Gasteiger partial charge in [0.05, 0.1) is 10.9 Å². The lowest BCUT2D eigenvalue weighted by atomic mass is 10.2. The largest absolute Gasteiger partial charge is 0.437 e. The molecule has 0 atom stereocenters. The highest BCUT2D eigenvalue weighted by molar-refractivity contribution is 5.85. The van der Waals surface area contributed by atoms with Crippen molar-refractivity contribution >= 4 is 10.9 Å². The molecule has 0 spiro atoms. The van der Waals surface area contributed by atoms with E-state index in [9.17, 15) is 9.65 Å². The van der Waals surface area contributed by atoms with E-state index in [1.807, 2.05) is 36.4 Å². The van der Waals surface area contributed by atoms with Crippen molar-refractivity contribution < 1.29 is 9.13 Å². The lowest BCUT2D eigenvalue weighted by molar-refractivity contribution is 0.461. The Labute approximate surface area is 148 Å². The van der Waals surface area contributed by atoms with Gasteiger partial charge in [0.1, 0.15) is 23.2 Å². The van der Waals surface area contributed by atoms with Crippen LogP contribution < -0.4 is 4.74 Å². The van der Waals surface area contributed by atoms with Gasteiger partial charge in [-0.15, -0.1) is 0 Å². The fraction of sp³-hybridized carbons (Fsp3) is 0. The number of hydrogen-bond donors (Lipinski definition) is 0. The molecule has 0 aliphatic heterocycles. The third kappa shape index (κ3) is 2.82. The summed E-state index contributed by atoms with van der Waals surface area (Å²) < 4.78 is 19.7. The number of halogens is 1. The Balaban J connectivity index is 1.89. The second-order valence-corrected chi connectivity index (χ2v) is 5.44. The van der Waals surface area contributed by atoms with Crippen molar-refractivity contribution in [1.29, 1.82) is 5.26 Å². The number of nitrogens with zero attached hydrogens (tertiary/aromatic N) is 4. The number of hydrogen-bond acceptors (Lipinski definition) is 5. The summed E-state index contributed by atoms with van der Waals surface area (Å²) in [4.78, 5) is 13.1. The van der Waals surface area contributed by atoms with Crippen molar-refractivity contribution in [3.05, 3.63) is 78.4 Å². The Morgan fingerprint density at radius 2 is 1.85 bits per heavy atom. The molecule has 0 saturated heterocycles. The zero-order chi connectivity index (χ0) is 17.9. The van der Waals surface area contributed by atoms with Crippen molar-refractivity contribution in [1.82, 2.24) is 15.0 Å². The molecule has 0 N–H and O–H groups in total. The van der Waals surface area contributed by atoms with E-state index in [1.165, 1.54) is 18.2 Å². The third-order valence-corrected chi connectivity index (χ3v) is 3.78. The van der Waals surface area contributed by atoms with E-state index in [0.29, 0.717) is 16.7 Å². The number of fused-ring (bicyclic) bond motifs is 1. The molecule has 0 aliphatic carbocycles. The average Bonchev–Trinajstić information content (AvgIpc) is 2.69. The molecule has 26 heavy (non-hydrogen) atoms. The lowest BCUT2D eigenvalue weighted by Crippen LogP contribution is -1.98. The number of para-hydroxylation sites is 1. The van der Waals surface area contributed by atoms with Crippen LogP contribution in [0.2, 0.25) is 0 Å². The first-order chi connectivity index (χ1) is 12.8. The summed E-state index contributed by atoms with van der Waals surface area (Å²) in [5.74, 6) is 0.141. The highest BCUT2D eigenvalue weighted by atomic mass is 19.1. The molecule has 124 valence electrons. The molecule has 4 rings (SSSR count). The van der Waals surface area contributed by atoms with Gasteiger partial charge in [-0.1, -0.05) is 18.2 Å². The molecule has 0 fully saturated rings. The van der Waals surface area contributed by atoms with Crippen molar-refractivity contribution in [2.45, 2.75) is 0 Å². The van der Waals surface area contributed by atoms with E-state index >= 15 is 0 Å². The highest BCUT2D eigenvalue weighted by Crippen LogP contribution is 2.32. The lowest BCUT2D eigenvalue weighted by Gasteiger charge is -2.11. The van der Waals surface area contributed by atoms with E-state index in [0.717, 1.165) is 5.56 Å². The normalized spacial score (nSPS) is 10.5. The van der Waals surface area contributed by atoms with Crippen LogP contribution in [0.1, 0.15) is 5.56 Å². The minimum absolute atomic E-state index is 0.105. The molecule has 0 unspecified atom stereocenters. The van der Waals surface area contributed by atoms with Crippen LogP contribution in [-0.4, -0.2) is 15.0 Å². The molecule has 5 nitrogen and oxygen atoms in total. The molecular weight excluding hydrogens is 331 g/mol. The summed E-state index contributed by atoms with van der Waals surface area (Å²) >= 11 is 0. The van der Waals surface area contributed by atoms with Crippen LogP contribution in [0.4, 0.5) is 4.39 Å². The minimum Gasteiger partial charge on any atom is -0.437 e. The van der Waals surface area contributed by atoms with Gasteiger partial charge in [-0.05, 0) is 36.4 Å². The first-order valence-corrected chi connectivity index (χ1v) is 7.80. The number of ether oxygens (including phenoxy) is 1. The first kappa shape index (κ1) is 15.7. The molecule has 2 heterocycles. The number of aromatic nitrogens is 3. The summed E-state index contributed by atoms with van der Waals surface area (Å²) in [5, 5.41) is 9.87. The summed E-state index contributed by atoms with van der Waals surface area (Å²) in [6.45, 7) is 0. The molecule has 0 bridgehead atoms. The summed E-state index contributed by atoms with van der Waals surface area (Å²) in [6, 6.07) is 17.0. The van der Waals surface area contributed by atoms with Crippen LogP contribution in [0.5, 0.6) is 11.6 Å². The zero-order valence-corrected chi connectivity index (χ0v) is 13.4. The number of benzene rings is 2. The third-order valence-electron chi connectivity index (χ3n) is 3.78. The Bertz CT molecular complexity index is 1140. The second-order valence-electron chi connectivity index (χ2n) is 5.44. The monoisotopic (exact) mass is 342 g/mol. The number of nitriles is 1. The summed E-state index contributed by atoms with van der Waals surface area (Å²) in [7, 11) is 0. The van der Waals surface area contributed by atoms with Gasteiger partial charge >= 0.3 is 0 Å². The number of pyridine rings is 1. The highest BCUT2D eigenvalue weighted by Gasteiger charge is 2.15. The Hall–Kier alpha value is -3.85. The topological polar surface area (TPSA) is 71.7 Å². The van der Waals surface area contributed by atoms with E-state index < -0.39 is 5.82 Å². The molecule has 2 aromatic heterocycles. The van der Waals surface area contributed by atoms with Gasteiger partial charge in [-0.25, -0.2) is 9.37 Å². The van der Waals surface area contributed by atoms with E-state index in [1.54, 1.807) is 18.5 Å². The quantitative estimate of drug-likeness (QED) is 0.548. The zero-order valence-electron chi connectivity index (χ0n) is 13.4. The maximum absolute atomic E-state index is 13.9. The fourth-order valence-electron chi connectivity index (χ4n) is 2.55. The Morgan fingerprint density at radius 3 is 2.65 bits per heavy atom. The van der Waals surface area contributed by atoms with Gasteiger partial charge in [0.2, 0.25) is 5.88 Å². The summed E-state index contributed by atoms with van der Waals surface area (Å²) in [6.07, 6.45) is 3.31. The second kappa shape index (κ2) is 6.57. The molecular formula is C20H11FN4O. The van der Waals surface area contributed by atoms with Gasteiger partial charge in [0, 0.05) is 18.0 Å². The van der Waals surface area contributed by atoms with Gasteiger partial charge in [0.25, 0.3) is 0 Å². The standard InChI is InChI=1S/C20H11FN4O/c21-16-7-3-9-18(15(16)11-22)26-20-14-6-1-2-8-17(14)24-19(25-20)13-5-4-10-23-12-13/h1-10,12H. The van der Waals surface area contributed by atoms with Crippen LogP contribution in [0.3, 0.4) is 0 Å². The van der Waals surface area contributed by atoms with Gasteiger partial charge in [-0.2, -0.15) is 10.2 Å². The molecule has 6 heteroatoms. The molecule has 0 amide bonds. The van der Waals surface area contributed by atoms with Gasteiger partial charge in [-0.3, -0.25) is 4.98 Å². The van der Waals surface area contributed by atoms with E-state index in [4.69, 9.17) is 4.74 Å². The first-order valence-electron chi connectivity index (χ1n) is 7.80. The van der Waals surface area contributed by atoms with E-state index in [2.05, 4.69) is 15.0 Å². The fourth-order valence-corrected chi connectivity index (χ4v) is 2.55. The minimum atomic E-state index is -0.643.